The minimum atomic E-state index is -1.87. The second-order valence-electron chi connectivity index (χ2n) is 18.0. The smallest absolute Gasteiger partial charge is 0.164 e. The number of nitrogens with zero attached hydrogens (tertiary/aromatic N) is 3. The molecule has 1 aliphatic heterocycles. The Morgan fingerprint density at radius 1 is 0.482 bits per heavy atom. The summed E-state index contributed by atoms with van der Waals surface area (Å²) < 4.78 is 2.56. The molecule has 6 aliphatic rings. The number of thiophene rings is 1. The van der Waals surface area contributed by atoms with Gasteiger partial charge in [0.15, 0.2) is 17.5 Å². The van der Waals surface area contributed by atoms with Crippen LogP contribution in [0.2, 0.25) is 13.1 Å². The molecule has 0 atom stereocenters. The number of aromatic nitrogens is 3. The molecule has 5 heteroatoms. The number of rotatable bonds is 3. The molecule has 3 nitrogen and oxygen atoms in total. The summed E-state index contributed by atoms with van der Waals surface area (Å²) in [4.78, 5) is 15.7. The van der Waals surface area contributed by atoms with Gasteiger partial charge in [0.25, 0.3) is 0 Å². The summed E-state index contributed by atoms with van der Waals surface area (Å²) in [5.41, 5.74) is 12.3. The molecule has 0 amide bonds. The van der Waals surface area contributed by atoms with E-state index in [1.54, 1.807) is 21.5 Å². The fourth-order valence-electron chi connectivity index (χ4n) is 12.7. The van der Waals surface area contributed by atoms with Crippen molar-refractivity contribution in [3.05, 3.63) is 139 Å². The largest absolute Gasteiger partial charge is 0.208 e. The van der Waals surface area contributed by atoms with Gasteiger partial charge in [-0.2, -0.15) is 0 Å². The summed E-state index contributed by atoms with van der Waals surface area (Å²) in [5, 5.41) is 5.77. The molecule has 0 saturated heterocycles. The monoisotopic (exact) mass is 755 g/mol. The maximum absolute atomic E-state index is 5.32. The zero-order chi connectivity index (χ0) is 36.9. The van der Waals surface area contributed by atoms with Crippen molar-refractivity contribution in [3.63, 3.8) is 0 Å². The first-order valence-corrected chi connectivity index (χ1v) is 24.4. The van der Waals surface area contributed by atoms with Crippen LogP contribution in [0.15, 0.2) is 127 Å². The number of hydrogen-bond donors (Lipinski definition) is 0. The molecule has 2 aromatic heterocycles. The molecule has 4 fully saturated rings. The molecule has 0 N–H and O–H groups in total. The van der Waals surface area contributed by atoms with Crippen LogP contribution in [-0.2, 0) is 5.41 Å². The zero-order valence-corrected chi connectivity index (χ0v) is 33.5. The zero-order valence-electron chi connectivity index (χ0n) is 31.7. The van der Waals surface area contributed by atoms with Gasteiger partial charge in [0.05, 0.1) is 0 Å². The molecule has 6 aromatic carbocycles. The lowest BCUT2D eigenvalue weighted by Crippen LogP contribution is -2.55. The summed E-state index contributed by atoms with van der Waals surface area (Å²) in [6, 6.07) is 47.8. The predicted molar refractivity (Wildman–Crippen MR) is 234 cm³/mol. The van der Waals surface area contributed by atoms with Crippen LogP contribution in [0.1, 0.15) is 43.2 Å². The normalized spacial score (nSPS) is 24.5. The van der Waals surface area contributed by atoms with Gasteiger partial charge in [-0.05, 0) is 124 Å². The van der Waals surface area contributed by atoms with Gasteiger partial charge >= 0.3 is 0 Å². The van der Waals surface area contributed by atoms with E-state index in [1.807, 2.05) is 11.3 Å². The molecule has 0 unspecified atom stereocenters. The highest BCUT2D eigenvalue weighted by atomic mass is 32.1. The maximum atomic E-state index is 5.32. The van der Waals surface area contributed by atoms with Gasteiger partial charge < -0.3 is 0 Å². The summed E-state index contributed by atoms with van der Waals surface area (Å²) >= 11 is 1.83. The molecule has 3 heterocycles. The average molecular weight is 756 g/mol. The van der Waals surface area contributed by atoms with Crippen molar-refractivity contribution in [2.24, 2.45) is 23.7 Å². The fourth-order valence-corrected chi connectivity index (χ4v) is 17.0. The molecular weight excluding hydrogens is 715 g/mol. The maximum Gasteiger partial charge on any atom is 0.164 e. The van der Waals surface area contributed by atoms with Gasteiger partial charge in [0, 0.05) is 42.3 Å². The molecule has 56 heavy (non-hydrogen) atoms. The molecule has 5 aliphatic carbocycles. The third kappa shape index (κ3) is 4.20. The highest BCUT2D eigenvalue weighted by Gasteiger charge is 2.62. The Labute approximate surface area is 332 Å². The summed E-state index contributed by atoms with van der Waals surface area (Å²) in [6.07, 6.45) is 6.97. The topological polar surface area (TPSA) is 38.7 Å². The highest BCUT2D eigenvalue weighted by Crippen LogP contribution is 2.69. The Hall–Kier alpha value is -5.23. The average Bonchev–Trinajstić information content (AvgIpc) is 3.82. The van der Waals surface area contributed by atoms with Gasteiger partial charge in [-0.25, -0.2) is 15.0 Å². The first-order valence-electron chi connectivity index (χ1n) is 20.6. The minimum absolute atomic E-state index is 0.0913. The van der Waals surface area contributed by atoms with Gasteiger partial charge in [-0.15, -0.1) is 11.3 Å². The van der Waals surface area contributed by atoms with E-state index in [0.717, 1.165) is 40.2 Å². The molecule has 4 saturated carbocycles. The van der Waals surface area contributed by atoms with Crippen molar-refractivity contribution in [1.29, 1.82) is 0 Å². The van der Waals surface area contributed by atoms with E-state index >= 15 is 0 Å². The Balaban J connectivity index is 1.02. The number of benzene rings is 6. The summed E-state index contributed by atoms with van der Waals surface area (Å²) in [7, 11) is -1.87. The Morgan fingerprint density at radius 3 is 1.89 bits per heavy atom. The Bertz CT molecular complexity index is 2950. The third-order valence-electron chi connectivity index (χ3n) is 14.9. The molecular formula is C51H41N3SSi. The summed E-state index contributed by atoms with van der Waals surface area (Å²) in [6.45, 7) is 5.12. The van der Waals surface area contributed by atoms with Crippen LogP contribution in [0.3, 0.4) is 0 Å². The molecule has 4 bridgehead atoms. The first kappa shape index (κ1) is 31.9. The SMILES string of the molecule is C[Si]1(C)c2ccccc2-c2cc3c(cc21)-c1cc(-c2nc(-c4ccccc4)nc(-c4ccc5c(c4)sc4ccccc45)n2)ccc1C31C2CC3CC(C2)CC1C3. The Kier molecular flexibility index (Phi) is 6.39. The highest BCUT2D eigenvalue weighted by molar-refractivity contribution is 7.25. The Morgan fingerprint density at radius 2 is 1.11 bits per heavy atom. The summed E-state index contributed by atoms with van der Waals surface area (Å²) in [5.74, 6) is 5.40. The fraction of sp³-hybridized carbons (Fsp3) is 0.235. The lowest BCUT2D eigenvalue weighted by molar-refractivity contribution is -0.0399. The van der Waals surface area contributed by atoms with Crippen LogP contribution in [0, 0.1) is 23.7 Å². The van der Waals surface area contributed by atoms with Gasteiger partial charge in [0.1, 0.15) is 8.07 Å². The van der Waals surface area contributed by atoms with E-state index in [9.17, 15) is 0 Å². The van der Waals surface area contributed by atoms with E-state index in [1.165, 1.54) is 74.5 Å². The molecule has 14 rings (SSSR count). The minimum Gasteiger partial charge on any atom is -0.208 e. The molecule has 270 valence electrons. The first-order chi connectivity index (χ1) is 27.4. The second kappa shape index (κ2) is 11.2. The quantitative estimate of drug-likeness (QED) is 0.169. The third-order valence-corrected chi connectivity index (χ3v) is 19.6. The van der Waals surface area contributed by atoms with Gasteiger partial charge in [-0.3, -0.25) is 0 Å². The number of fused-ring (bicyclic) bond motifs is 9. The van der Waals surface area contributed by atoms with Crippen molar-refractivity contribution in [2.75, 3.05) is 0 Å². The van der Waals surface area contributed by atoms with Crippen LogP contribution in [0.4, 0.5) is 0 Å². The van der Waals surface area contributed by atoms with Gasteiger partial charge in [0.2, 0.25) is 0 Å². The standard InChI is InChI=1S/C51H41N3SSi/c1-56(2)46-15-9-7-13-38(46)41-27-43-40(28-47(41)56)39-25-32(17-19-42(39)51(43)34-21-29-20-30(23-34)24-35(51)22-29)49-52-48(31-10-4-3-5-11-31)53-50(54-49)33-16-18-37-36-12-6-8-14-44(36)55-45(37)26-33/h3-19,25-30,34-35H,20-24H2,1-2H3. The lowest BCUT2D eigenvalue weighted by atomic mass is 9.43. The lowest BCUT2D eigenvalue weighted by Gasteiger charge is -2.61. The van der Waals surface area contributed by atoms with Crippen molar-refractivity contribution in [1.82, 2.24) is 15.0 Å². The van der Waals surface area contributed by atoms with Gasteiger partial charge in [-0.1, -0.05) is 116 Å². The van der Waals surface area contributed by atoms with Crippen molar-refractivity contribution < 1.29 is 0 Å². The molecule has 1 spiro atoms. The van der Waals surface area contributed by atoms with Crippen molar-refractivity contribution in [3.8, 4) is 56.4 Å². The predicted octanol–water partition coefficient (Wildman–Crippen LogP) is 11.8. The second-order valence-corrected chi connectivity index (χ2v) is 23.4. The van der Waals surface area contributed by atoms with E-state index in [2.05, 4.69) is 140 Å². The van der Waals surface area contributed by atoms with Crippen LogP contribution in [-0.4, -0.2) is 23.0 Å². The van der Waals surface area contributed by atoms with Crippen molar-refractivity contribution >= 4 is 50.0 Å². The van der Waals surface area contributed by atoms with Crippen LogP contribution < -0.4 is 10.4 Å². The van der Waals surface area contributed by atoms with Crippen LogP contribution >= 0.6 is 11.3 Å². The van der Waals surface area contributed by atoms with E-state index in [4.69, 9.17) is 15.0 Å². The van der Waals surface area contributed by atoms with Crippen molar-refractivity contribution in [2.45, 2.75) is 50.6 Å². The van der Waals surface area contributed by atoms with E-state index in [-0.39, 0.29) is 5.41 Å². The van der Waals surface area contributed by atoms with E-state index < -0.39 is 8.07 Å². The molecule has 8 aromatic rings. The molecule has 0 radical (unpaired) electrons. The van der Waals surface area contributed by atoms with E-state index in [0.29, 0.717) is 17.7 Å². The van der Waals surface area contributed by atoms with Crippen LogP contribution in [0.25, 0.3) is 76.6 Å². The van der Waals surface area contributed by atoms with Crippen LogP contribution in [0.5, 0.6) is 0 Å². The number of hydrogen-bond acceptors (Lipinski definition) is 4.